The van der Waals surface area contributed by atoms with Gasteiger partial charge in [-0.15, -0.1) is 0 Å². The number of rotatable bonds is 3. The molecule has 0 aliphatic carbocycles. The minimum Gasteiger partial charge on any atom is -0.382 e. The van der Waals surface area contributed by atoms with Gasteiger partial charge in [-0.05, 0) is 0 Å². The van der Waals surface area contributed by atoms with E-state index in [0.29, 0.717) is 23.8 Å². The summed E-state index contributed by atoms with van der Waals surface area (Å²) in [6.45, 7) is 4.00. The van der Waals surface area contributed by atoms with Crippen molar-refractivity contribution in [2.24, 2.45) is 17.8 Å². The maximum atomic E-state index is 10.3. The van der Waals surface area contributed by atoms with Crippen LogP contribution in [0.4, 0.5) is 5.82 Å². The number of nitrogens with one attached hydrogen (secondary N) is 1. The Bertz CT molecular complexity index is 342. The van der Waals surface area contributed by atoms with E-state index in [1.54, 1.807) is 25.0 Å². The molecule has 6 nitrogen and oxygen atoms in total. The lowest BCUT2D eigenvalue weighted by molar-refractivity contribution is -0.105. The van der Waals surface area contributed by atoms with Crippen LogP contribution in [0, 0.1) is 0 Å². The van der Waals surface area contributed by atoms with Crippen LogP contribution in [-0.2, 0) is 11.8 Å². The van der Waals surface area contributed by atoms with Crippen molar-refractivity contribution in [3.05, 3.63) is 12.0 Å². The maximum absolute atomic E-state index is 10.3. The molecular formula is C9H17N5O. The van der Waals surface area contributed by atoms with E-state index in [2.05, 4.69) is 15.3 Å². The first kappa shape index (κ1) is 13.2. The lowest BCUT2D eigenvalue weighted by Crippen LogP contribution is -2.16. The highest BCUT2D eigenvalue weighted by atomic mass is 16.1. The van der Waals surface area contributed by atoms with Gasteiger partial charge in [0.15, 0.2) is 0 Å². The average Bonchev–Trinajstić information content (AvgIpc) is 2.63. The Morgan fingerprint density at radius 3 is 2.73 bits per heavy atom. The Kier molecular flexibility index (Phi) is 5.77. The van der Waals surface area contributed by atoms with Gasteiger partial charge in [0, 0.05) is 14.1 Å². The lowest BCUT2D eigenvalue weighted by Gasteiger charge is -2.02. The summed E-state index contributed by atoms with van der Waals surface area (Å²) in [6, 6.07) is 0. The first-order valence-electron chi connectivity index (χ1n) is 4.64. The zero-order valence-corrected chi connectivity index (χ0v) is 9.48. The number of imidazole rings is 1. The van der Waals surface area contributed by atoms with E-state index < -0.39 is 0 Å². The number of anilines is 1. The third kappa shape index (κ3) is 3.08. The molecule has 0 unspecified atom stereocenters. The summed E-state index contributed by atoms with van der Waals surface area (Å²) in [7, 11) is 3.32. The van der Waals surface area contributed by atoms with Crippen LogP contribution in [0.2, 0.25) is 0 Å². The number of carbonyl (C=O) groups excluding carboxylic acids is 1. The molecule has 0 bridgehead atoms. The number of nitrogens with two attached hydrogens (primary N) is 1. The van der Waals surface area contributed by atoms with Crippen LogP contribution < -0.4 is 11.1 Å². The number of nitrogens with zero attached hydrogens (tertiary/aromatic N) is 3. The molecule has 15 heavy (non-hydrogen) atoms. The second-order valence-corrected chi connectivity index (χ2v) is 2.42. The van der Waals surface area contributed by atoms with Crippen LogP contribution in [0.3, 0.4) is 0 Å². The van der Waals surface area contributed by atoms with Crippen molar-refractivity contribution in [3.8, 4) is 0 Å². The van der Waals surface area contributed by atoms with E-state index in [1.807, 2.05) is 13.8 Å². The molecule has 0 aliphatic heterocycles. The first-order chi connectivity index (χ1) is 7.20. The zero-order chi connectivity index (χ0) is 11.8. The van der Waals surface area contributed by atoms with Gasteiger partial charge in [0.2, 0.25) is 6.41 Å². The lowest BCUT2D eigenvalue weighted by atomic mass is 10.4. The SMILES string of the molecule is CC.CN=C(N)c1ncn(C)c1NC=O. The molecule has 0 radical (unpaired) electrons. The Labute approximate surface area is 89.2 Å². The molecule has 1 aromatic rings. The normalized spacial score (nSPS) is 10.3. The van der Waals surface area contributed by atoms with Gasteiger partial charge in [0.1, 0.15) is 17.3 Å². The average molecular weight is 211 g/mol. The van der Waals surface area contributed by atoms with Crippen molar-refractivity contribution in [2.75, 3.05) is 12.4 Å². The van der Waals surface area contributed by atoms with Gasteiger partial charge in [0.25, 0.3) is 0 Å². The topological polar surface area (TPSA) is 85.3 Å². The van der Waals surface area contributed by atoms with E-state index in [1.165, 1.54) is 0 Å². The van der Waals surface area contributed by atoms with Crippen molar-refractivity contribution in [2.45, 2.75) is 13.8 Å². The predicted molar refractivity (Wildman–Crippen MR) is 60.9 cm³/mol. The van der Waals surface area contributed by atoms with Crippen molar-refractivity contribution in [1.29, 1.82) is 0 Å². The second-order valence-electron chi connectivity index (χ2n) is 2.42. The summed E-state index contributed by atoms with van der Waals surface area (Å²) in [4.78, 5) is 18.0. The van der Waals surface area contributed by atoms with Crippen LogP contribution in [-0.4, -0.2) is 28.8 Å². The van der Waals surface area contributed by atoms with E-state index in [0.717, 1.165) is 0 Å². The first-order valence-corrected chi connectivity index (χ1v) is 4.64. The number of hydrogen-bond donors (Lipinski definition) is 2. The summed E-state index contributed by atoms with van der Waals surface area (Å²) in [6.07, 6.45) is 2.13. The van der Waals surface area contributed by atoms with Crippen molar-refractivity contribution >= 4 is 18.1 Å². The number of hydrogen-bond acceptors (Lipinski definition) is 3. The number of aliphatic imine (C=N–C) groups is 1. The molecule has 1 rings (SSSR count). The number of amides is 1. The molecule has 6 heteroatoms. The Balaban J connectivity index is 0.000000921. The highest BCUT2D eigenvalue weighted by molar-refractivity contribution is 6.01. The molecule has 1 heterocycles. The van der Waals surface area contributed by atoms with Crippen molar-refractivity contribution in [3.63, 3.8) is 0 Å². The van der Waals surface area contributed by atoms with Gasteiger partial charge >= 0.3 is 0 Å². The van der Waals surface area contributed by atoms with Crippen LogP contribution in [0.1, 0.15) is 19.5 Å². The zero-order valence-electron chi connectivity index (χ0n) is 9.48. The van der Waals surface area contributed by atoms with Crippen molar-refractivity contribution < 1.29 is 4.79 Å². The molecular weight excluding hydrogens is 194 g/mol. The summed E-state index contributed by atoms with van der Waals surface area (Å²) >= 11 is 0. The minimum absolute atomic E-state index is 0.296. The maximum Gasteiger partial charge on any atom is 0.212 e. The molecule has 0 aliphatic rings. The highest BCUT2D eigenvalue weighted by Gasteiger charge is 2.10. The largest absolute Gasteiger partial charge is 0.382 e. The third-order valence-electron chi connectivity index (χ3n) is 1.62. The fourth-order valence-corrected chi connectivity index (χ4v) is 0.950. The Morgan fingerprint density at radius 1 is 1.67 bits per heavy atom. The van der Waals surface area contributed by atoms with Crippen LogP contribution in [0.5, 0.6) is 0 Å². The predicted octanol–water partition coefficient (Wildman–Crippen LogP) is 0.350. The number of carbonyl (C=O) groups is 1. The van der Waals surface area contributed by atoms with Crippen LogP contribution in [0.25, 0.3) is 0 Å². The summed E-state index contributed by atoms with van der Waals surface area (Å²) in [5, 5.41) is 2.50. The monoisotopic (exact) mass is 211 g/mol. The smallest absolute Gasteiger partial charge is 0.212 e. The molecule has 0 spiro atoms. The molecule has 84 valence electrons. The molecule has 1 amide bonds. The summed E-state index contributed by atoms with van der Waals surface area (Å²) < 4.78 is 1.65. The summed E-state index contributed by atoms with van der Waals surface area (Å²) in [5.41, 5.74) is 6.04. The molecule has 0 saturated heterocycles. The third-order valence-corrected chi connectivity index (χ3v) is 1.62. The van der Waals surface area contributed by atoms with Gasteiger partial charge < -0.3 is 15.6 Å². The van der Waals surface area contributed by atoms with Gasteiger partial charge in [-0.25, -0.2) is 4.98 Å². The highest BCUT2D eigenvalue weighted by Crippen LogP contribution is 2.10. The molecule has 0 atom stereocenters. The molecule has 0 aromatic carbocycles. The van der Waals surface area contributed by atoms with Crippen LogP contribution >= 0.6 is 0 Å². The number of aryl methyl sites for hydroxylation is 1. The summed E-state index contributed by atoms with van der Waals surface area (Å²) in [5.74, 6) is 0.836. The van der Waals surface area contributed by atoms with E-state index >= 15 is 0 Å². The second kappa shape index (κ2) is 6.58. The number of aromatic nitrogens is 2. The fourth-order valence-electron chi connectivity index (χ4n) is 0.950. The molecule has 1 aromatic heterocycles. The van der Waals surface area contributed by atoms with Gasteiger partial charge in [0.05, 0.1) is 6.33 Å². The van der Waals surface area contributed by atoms with Gasteiger partial charge in [-0.1, -0.05) is 13.8 Å². The molecule has 0 saturated carbocycles. The van der Waals surface area contributed by atoms with E-state index in [9.17, 15) is 4.79 Å². The van der Waals surface area contributed by atoms with Crippen molar-refractivity contribution in [1.82, 2.24) is 9.55 Å². The fraction of sp³-hybridized carbons (Fsp3) is 0.444. The van der Waals surface area contributed by atoms with Gasteiger partial charge in [-0.3, -0.25) is 9.79 Å². The molecule has 0 fully saturated rings. The number of amidine groups is 1. The Morgan fingerprint density at radius 2 is 2.27 bits per heavy atom. The van der Waals surface area contributed by atoms with E-state index in [4.69, 9.17) is 5.73 Å². The van der Waals surface area contributed by atoms with E-state index in [-0.39, 0.29) is 0 Å². The standard InChI is InChI=1S/C7H11N5O.C2H6/c1-9-6(8)5-7(11-4-13)12(2)3-10-5;1-2/h3-4H,1-2H3,(H2,8,9)(H,11,13);1-2H3. The minimum atomic E-state index is 0.296. The quantitative estimate of drug-likeness (QED) is 0.430. The Hall–Kier alpha value is -1.85. The van der Waals surface area contributed by atoms with Crippen LogP contribution in [0.15, 0.2) is 11.3 Å². The molecule has 3 N–H and O–H groups in total. The van der Waals surface area contributed by atoms with Gasteiger partial charge in [-0.2, -0.15) is 0 Å².